The molecule has 0 heterocycles. The van der Waals surface area contributed by atoms with Crippen LogP contribution in [-0.2, 0) is 32.6 Å². The average molecular weight is 743 g/mol. The molecule has 0 saturated heterocycles. The van der Waals surface area contributed by atoms with Crippen molar-refractivity contribution in [2.75, 3.05) is 30.3 Å². The summed E-state index contributed by atoms with van der Waals surface area (Å²) in [6.45, 7) is 5.79. The molecule has 1 N–H and O–H groups in total. The number of amides is 2. The number of sulfonamides is 1. The first-order valence-electron chi connectivity index (χ1n) is 15.9. The molecule has 49 heavy (non-hydrogen) atoms. The van der Waals surface area contributed by atoms with Crippen molar-refractivity contribution in [1.82, 2.24) is 10.2 Å². The Bertz CT molecular complexity index is 1820. The topological polar surface area (TPSA) is 96.0 Å². The lowest BCUT2D eigenvalue weighted by atomic mass is 10.0. The van der Waals surface area contributed by atoms with Crippen molar-refractivity contribution >= 4 is 62.5 Å². The Morgan fingerprint density at radius 1 is 0.878 bits per heavy atom. The van der Waals surface area contributed by atoms with Gasteiger partial charge in [0.05, 0.1) is 27.2 Å². The zero-order valence-corrected chi connectivity index (χ0v) is 31.1. The van der Waals surface area contributed by atoms with Crippen molar-refractivity contribution in [3.8, 4) is 5.75 Å². The molecule has 1 atom stereocenters. The number of carbonyl (C=O) groups excluding carboxylic acids is 2. The van der Waals surface area contributed by atoms with E-state index in [1.54, 1.807) is 61.5 Å². The Morgan fingerprint density at radius 2 is 1.55 bits per heavy atom. The van der Waals surface area contributed by atoms with Gasteiger partial charge in [0.25, 0.3) is 10.0 Å². The number of anilines is 1. The molecule has 4 aromatic carbocycles. The maximum atomic E-state index is 14.7. The highest BCUT2D eigenvalue weighted by Crippen LogP contribution is 2.34. The zero-order valence-electron chi connectivity index (χ0n) is 27.9. The van der Waals surface area contributed by atoms with Crippen LogP contribution in [0.5, 0.6) is 5.75 Å². The van der Waals surface area contributed by atoms with Gasteiger partial charge in [0.1, 0.15) is 18.3 Å². The van der Waals surface area contributed by atoms with E-state index in [-0.39, 0.29) is 42.0 Å². The number of hydrogen-bond donors (Lipinski definition) is 1. The fourth-order valence-corrected chi connectivity index (χ4v) is 7.29. The minimum atomic E-state index is -4.30. The van der Waals surface area contributed by atoms with E-state index < -0.39 is 28.5 Å². The van der Waals surface area contributed by atoms with Crippen molar-refractivity contribution in [3.05, 3.63) is 118 Å². The van der Waals surface area contributed by atoms with Crippen LogP contribution in [0.2, 0.25) is 10.0 Å². The molecule has 0 aromatic heterocycles. The second kappa shape index (κ2) is 17.8. The normalized spacial score (nSPS) is 12.0. The maximum absolute atomic E-state index is 14.7. The van der Waals surface area contributed by atoms with Gasteiger partial charge in [-0.05, 0) is 78.8 Å². The molecule has 0 spiro atoms. The molecule has 0 aliphatic carbocycles. The predicted octanol–water partition coefficient (Wildman–Crippen LogP) is 7.72. The molecule has 0 radical (unpaired) electrons. The van der Waals surface area contributed by atoms with Crippen LogP contribution in [-0.4, -0.2) is 57.1 Å². The number of nitrogens with zero attached hydrogens (tertiary/aromatic N) is 2. The van der Waals surface area contributed by atoms with Gasteiger partial charge in [0, 0.05) is 24.4 Å². The molecular weight excluding hydrogens is 701 g/mol. The number of para-hydroxylation sites is 2. The molecule has 4 rings (SSSR count). The molecular formula is C37H41Cl2N3O5S2. The Morgan fingerprint density at radius 3 is 2.18 bits per heavy atom. The van der Waals surface area contributed by atoms with Crippen molar-refractivity contribution in [2.45, 2.75) is 49.6 Å². The smallest absolute Gasteiger partial charge is 0.264 e. The fraction of sp³-hybridized carbons (Fsp3) is 0.297. The highest BCUT2D eigenvalue weighted by atomic mass is 35.5. The summed E-state index contributed by atoms with van der Waals surface area (Å²) in [7, 11) is -4.30. The van der Waals surface area contributed by atoms with Gasteiger partial charge < -0.3 is 15.0 Å². The van der Waals surface area contributed by atoms with Crippen molar-refractivity contribution < 1.29 is 22.7 Å². The third-order valence-electron chi connectivity index (χ3n) is 7.65. The number of ether oxygens (including phenoxy) is 1. The Hall–Kier alpha value is -3.70. The molecule has 0 aliphatic rings. The fourth-order valence-electron chi connectivity index (χ4n) is 5.14. The van der Waals surface area contributed by atoms with Crippen LogP contribution in [0.25, 0.3) is 0 Å². The van der Waals surface area contributed by atoms with E-state index in [2.05, 4.69) is 5.32 Å². The second-order valence-electron chi connectivity index (χ2n) is 11.7. The molecule has 8 nitrogen and oxygen atoms in total. The third kappa shape index (κ3) is 10.2. The van der Waals surface area contributed by atoms with Gasteiger partial charge >= 0.3 is 0 Å². The number of thioether (sulfide) groups is 1. The molecule has 260 valence electrons. The number of rotatable bonds is 16. The molecule has 0 saturated carbocycles. The van der Waals surface area contributed by atoms with E-state index >= 15 is 0 Å². The lowest BCUT2D eigenvalue weighted by molar-refractivity contribution is -0.140. The van der Waals surface area contributed by atoms with Crippen molar-refractivity contribution in [3.63, 3.8) is 0 Å². The summed E-state index contributed by atoms with van der Waals surface area (Å²) in [4.78, 5) is 31.0. The van der Waals surface area contributed by atoms with Crippen molar-refractivity contribution in [2.24, 2.45) is 5.92 Å². The molecule has 4 aromatic rings. The number of nitrogens with one attached hydrogen (secondary N) is 1. The summed E-state index contributed by atoms with van der Waals surface area (Å²) < 4.78 is 35.8. The van der Waals surface area contributed by atoms with E-state index in [9.17, 15) is 18.0 Å². The summed E-state index contributed by atoms with van der Waals surface area (Å²) in [5.41, 5.74) is 1.65. The van der Waals surface area contributed by atoms with E-state index in [0.29, 0.717) is 27.9 Å². The van der Waals surface area contributed by atoms with Gasteiger partial charge in [-0.1, -0.05) is 85.6 Å². The van der Waals surface area contributed by atoms with E-state index in [0.717, 1.165) is 14.8 Å². The molecule has 2 amide bonds. The van der Waals surface area contributed by atoms with Gasteiger partial charge in [-0.25, -0.2) is 8.42 Å². The standard InChI is InChI=1S/C37H41Cl2N3O5S2/c1-5-47-35-14-10-9-13-33(35)42(49(45,46)30-18-16-29(48-4)17-19-30)25-36(43)41(24-28-15-20-31(38)32(39)21-28)34(37(44)40-23-26(2)3)22-27-11-7-6-8-12-27/h6-21,26,34H,5,22-25H2,1-4H3,(H,40,44). The van der Waals surface area contributed by atoms with Crippen LogP contribution in [0.15, 0.2) is 107 Å². The van der Waals surface area contributed by atoms with Crippen LogP contribution in [0.4, 0.5) is 5.69 Å². The quantitative estimate of drug-likeness (QED) is 0.118. The van der Waals surface area contributed by atoms with Crippen LogP contribution in [0.1, 0.15) is 31.9 Å². The van der Waals surface area contributed by atoms with Gasteiger partial charge in [0.2, 0.25) is 11.8 Å². The summed E-state index contributed by atoms with van der Waals surface area (Å²) in [6.07, 6.45) is 2.09. The number of hydrogen-bond acceptors (Lipinski definition) is 6. The summed E-state index contributed by atoms with van der Waals surface area (Å²) >= 11 is 14.1. The first-order chi connectivity index (χ1) is 23.4. The van der Waals surface area contributed by atoms with Gasteiger partial charge in [-0.3, -0.25) is 13.9 Å². The van der Waals surface area contributed by atoms with Crippen LogP contribution in [0.3, 0.4) is 0 Å². The molecule has 0 fully saturated rings. The zero-order chi connectivity index (χ0) is 35.6. The lowest BCUT2D eigenvalue weighted by Crippen LogP contribution is -2.53. The van der Waals surface area contributed by atoms with Gasteiger partial charge in [0.15, 0.2) is 0 Å². The minimum absolute atomic E-state index is 0.0101. The van der Waals surface area contributed by atoms with Crippen LogP contribution >= 0.6 is 35.0 Å². The van der Waals surface area contributed by atoms with Gasteiger partial charge in [-0.2, -0.15) is 0 Å². The largest absolute Gasteiger partial charge is 0.492 e. The highest BCUT2D eigenvalue weighted by molar-refractivity contribution is 7.98. The molecule has 12 heteroatoms. The van der Waals surface area contributed by atoms with Crippen molar-refractivity contribution in [1.29, 1.82) is 0 Å². The summed E-state index contributed by atoms with van der Waals surface area (Å²) in [5, 5.41) is 3.62. The molecule has 0 bridgehead atoms. The Labute approximate surface area is 303 Å². The third-order valence-corrected chi connectivity index (χ3v) is 10.9. The first-order valence-corrected chi connectivity index (χ1v) is 19.3. The Kier molecular flexibility index (Phi) is 13.8. The maximum Gasteiger partial charge on any atom is 0.264 e. The molecule has 0 aliphatic heterocycles. The molecule has 1 unspecified atom stereocenters. The second-order valence-corrected chi connectivity index (χ2v) is 15.3. The van der Waals surface area contributed by atoms with Gasteiger partial charge in [-0.15, -0.1) is 11.8 Å². The van der Waals surface area contributed by atoms with E-state index in [4.69, 9.17) is 27.9 Å². The Balaban J connectivity index is 1.85. The number of carbonyl (C=O) groups is 2. The minimum Gasteiger partial charge on any atom is -0.492 e. The van der Waals surface area contributed by atoms with E-state index in [1.807, 2.05) is 50.4 Å². The summed E-state index contributed by atoms with van der Waals surface area (Å²) in [5.74, 6) is -0.493. The lowest BCUT2D eigenvalue weighted by Gasteiger charge is -2.34. The SMILES string of the molecule is CCOc1ccccc1N(CC(=O)N(Cc1ccc(Cl)c(Cl)c1)C(Cc1ccccc1)C(=O)NCC(C)C)S(=O)(=O)c1ccc(SC)cc1. The predicted molar refractivity (Wildman–Crippen MR) is 199 cm³/mol. The monoisotopic (exact) mass is 741 g/mol. The van der Waals surface area contributed by atoms with E-state index in [1.165, 1.54) is 28.8 Å². The number of benzene rings is 4. The first kappa shape index (κ1) is 38.1. The number of halogens is 2. The highest BCUT2D eigenvalue weighted by Gasteiger charge is 2.35. The van der Waals surface area contributed by atoms with Crippen LogP contribution in [0, 0.1) is 5.92 Å². The summed E-state index contributed by atoms with van der Waals surface area (Å²) in [6, 6.07) is 26.6. The van der Waals surface area contributed by atoms with Crippen LogP contribution < -0.4 is 14.4 Å². The average Bonchev–Trinajstić information content (AvgIpc) is 3.10.